The Morgan fingerprint density at radius 1 is 1.18 bits per heavy atom. The molecule has 17 heavy (non-hydrogen) atoms. The van der Waals surface area contributed by atoms with E-state index in [4.69, 9.17) is 0 Å². The first kappa shape index (κ1) is 11.2. The van der Waals surface area contributed by atoms with E-state index in [-0.39, 0.29) is 0 Å². The normalized spacial score (nSPS) is 11.5. The predicted octanol–water partition coefficient (Wildman–Crippen LogP) is 4.80. The minimum absolute atomic E-state index is 0.933. The summed E-state index contributed by atoms with van der Waals surface area (Å²) >= 11 is 7.12. The molecular weight excluding hydrogens is 344 g/mol. The molecule has 1 N–H and O–H groups in total. The van der Waals surface area contributed by atoms with Crippen molar-refractivity contribution in [2.75, 3.05) is 0 Å². The van der Waals surface area contributed by atoms with Gasteiger partial charge in [0.15, 0.2) is 0 Å². The van der Waals surface area contributed by atoms with Gasteiger partial charge in [0, 0.05) is 25.9 Å². The van der Waals surface area contributed by atoms with Crippen LogP contribution in [0.15, 0.2) is 33.3 Å². The number of benzene rings is 1. The van der Waals surface area contributed by atoms with Crippen molar-refractivity contribution in [1.29, 1.82) is 0 Å². The van der Waals surface area contributed by atoms with Crippen molar-refractivity contribution in [3.8, 4) is 0 Å². The average Bonchev–Trinajstić information content (AvgIpc) is 2.68. The van der Waals surface area contributed by atoms with Crippen molar-refractivity contribution in [2.45, 2.75) is 13.3 Å². The van der Waals surface area contributed by atoms with Crippen molar-refractivity contribution in [3.05, 3.63) is 39.0 Å². The van der Waals surface area contributed by atoms with Crippen LogP contribution in [-0.2, 0) is 6.42 Å². The highest BCUT2D eigenvalue weighted by Crippen LogP contribution is 2.34. The summed E-state index contributed by atoms with van der Waals surface area (Å²) in [7, 11) is 0. The van der Waals surface area contributed by atoms with E-state index in [1.807, 2.05) is 6.20 Å². The zero-order valence-electron chi connectivity index (χ0n) is 9.22. The van der Waals surface area contributed by atoms with E-state index in [2.05, 4.69) is 67.0 Å². The van der Waals surface area contributed by atoms with Crippen LogP contribution < -0.4 is 0 Å². The Bertz CT molecular complexity index is 716. The van der Waals surface area contributed by atoms with Crippen LogP contribution in [0.2, 0.25) is 0 Å². The van der Waals surface area contributed by atoms with Gasteiger partial charge in [-0.2, -0.15) is 0 Å². The minimum atomic E-state index is 0.933. The van der Waals surface area contributed by atoms with Gasteiger partial charge >= 0.3 is 0 Å². The van der Waals surface area contributed by atoms with Crippen LogP contribution in [0.1, 0.15) is 12.6 Å². The molecule has 86 valence electrons. The molecule has 0 spiro atoms. The molecule has 0 atom stereocenters. The smallest absolute Gasteiger partial charge is 0.0684 e. The Labute approximate surface area is 116 Å². The molecule has 2 nitrogen and oxygen atoms in total. The third-order valence-electron chi connectivity index (χ3n) is 2.96. The molecule has 3 rings (SSSR count). The number of fused-ring (bicyclic) bond motifs is 3. The number of nitrogens with zero attached hydrogens (tertiary/aromatic N) is 1. The number of aryl methyl sites for hydroxylation is 1. The molecular formula is C13H10Br2N2. The summed E-state index contributed by atoms with van der Waals surface area (Å²) < 4.78 is 2.15. The molecule has 0 unspecified atom stereocenters. The van der Waals surface area contributed by atoms with E-state index >= 15 is 0 Å². The van der Waals surface area contributed by atoms with Crippen molar-refractivity contribution < 1.29 is 0 Å². The summed E-state index contributed by atoms with van der Waals surface area (Å²) in [6, 6.07) is 6.25. The van der Waals surface area contributed by atoms with Gasteiger partial charge in [0.25, 0.3) is 0 Å². The minimum Gasteiger partial charge on any atom is -0.352 e. The first-order valence-electron chi connectivity index (χ1n) is 5.45. The Morgan fingerprint density at radius 3 is 2.76 bits per heavy atom. The summed E-state index contributed by atoms with van der Waals surface area (Å²) in [5, 5.41) is 2.45. The second kappa shape index (κ2) is 4.10. The lowest BCUT2D eigenvalue weighted by molar-refractivity contribution is 1.05. The van der Waals surface area contributed by atoms with Crippen LogP contribution in [0.5, 0.6) is 0 Å². The molecule has 0 aliphatic heterocycles. The number of hydrogen-bond acceptors (Lipinski definition) is 1. The fraction of sp³-hybridized carbons (Fsp3) is 0.154. The number of nitrogens with one attached hydrogen (secondary N) is 1. The summed E-state index contributed by atoms with van der Waals surface area (Å²) in [6.45, 7) is 2.12. The van der Waals surface area contributed by atoms with E-state index < -0.39 is 0 Å². The number of halogens is 2. The molecule has 0 saturated carbocycles. The fourth-order valence-corrected chi connectivity index (χ4v) is 3.50. The highest BCUT2D eigenvalue weighted by Gasteiger charge is 2.10. The number of H-pyrrole nitrogens is 1. The predicted molar refractivity (Wildman–Crippen MR) is 78.4 cm³/mol. The van der Waals surface area contributed by atoms with Crippen LogP contribution in [0, 0.1) is 0 Å². The van der Waals surface area contributed by atoms with Crippen molar-refractivity contribution in [3.63, 3.8) is 0 Å². The Kier molecular flexibility index (Phi) is 2.71. The maximum atomic E-state index is 4.41. The standard InChI is InChI=1S/C13H10Br2N2/c1-2-11-13-8(3-4-16-11)9-5-7(14)6-10(15)12(9)17-13/h3-6,17H,2H2,1H3. The fourth-order valence-electron chi connectivity index (χ4n) is 2.18. The SMILES string of the molecule is CCc1nccc2c1[nH]c1c(Br)cc(Br)cc12. The summed E-state index contributed by atoms with van der Waals surface area (Å²) in [5.74, 6) is 0. The second-order valence-corrected chi connectivity index (χ2v) is 5.74. The zero-order valence-corrected chi connectivity index (χ0v) is 12.4. The van der Waals surface area contributed by atoms with Gasteiger partial charge in [-0.3, -0.25) is 4.98 Å². The first-order valence-corrected chi connectivity index (χ1v) is 7.03. The zero-order chi connectivity index (χ0) is 12.0. The van der Waals surface area contributed by atoms with Crippen LogP contribution in [0.25, 0.3) is 21.8 Å². The van der Waals surface area contributed by atoms with Crippen LogP contribution in [0.4, 0.5) is 0 Å². The molecule has 0 aliphatic rings. The molecule has 2 aromatic heterocycles. The number of pyridine rings is 1. The summed E-state index contributed by atoms with van der Waals surface area (Å²) in [4.78, 5) is 7.88. The van der Waals surface area contributed by atoms with Crippen molar-refractivity contribution in [1.82, 2.24) is 9.97 Å². The molecule has 0 radical (unpaired) electrons. The number of rotatable bonds is 1. The highest BCUT2D eigenvalue weighted by atomic mass is 79.9. The molecule has 4 heteroatoms. The van der Waals surface area contributed by atoms with Crippen molar-refractivity contribution >= 4 is 53.7 Å². The first-order chi connectivity index (χ1) is 8.20. The van der Waals surface area contributed by atoms with Gasteiger partial charge < -0.3 is 4.98 Å². The third-order valence-corrected chi connectivity index (χ3v) is 4.04. The van der Waals surface area contributed by atoms with E-state index in [9.17, 15) is 0 Å². The summed E-state index contributed by atoms with van der Waals surface area (Å²) in [6.07, 6.45) is 2.81. The van der Waals surface area contributed by atoms with Crippen LogP contribution in [-0.4, -0.2) is 9.97 Å². The van der Waals surface area contributed by atoms with Gasteiger partial charge in [-0.15, -0.1) is 0 Å². The van der Waals surface area contributed by atoms with E-state index in [0.717, 1.165) is 32.1 Å². The molecule has 2 heterocycles. The van der Waals surface area contributed by atoms with Gasteiger partial charge in [0.05, 0.1) is 16.7 Å². The maximum absolute atomic E-state index is 4.41. The summed E-state index contributed by atoms with van der Waals surface area (Å²) in [5.41, 5.74) is 3.39. The lowest BCUT2D eigenvalue weighted by atomic mass is 10.1. The topological polar surface area (TPSA) is 28.7 Å². The lowest BCUT2D eigenvalue weighted by Gasteiger charge is -1.97. The van der Waals surface area contributed by atoms with Crippen molar-refractivity contribution in [2.24, 2.45) is 0 Å². The van der Waals surface area contributed by atoms with Crippen LogP contribution in [0.3, 0.4) is 0 Å². The molecule has 0 amide bonds. The van der Waals surface area contributed by atoms with E-state index in [1.54, 1.807) is 0 Å². The molecule has 0 bridgehead atoms. The number of hydrogen-bond donors (Lipinski definition) is 1. The molecule has 0 aliphatic carbocycles. The molecule has 1 aromatic carbocycles. The quantitative estimate of drug-likeness (QED) is 0.668. The highest BCUT2D eigenvalue weighted by molar-refractivity contribution is 9.11. The lowest BCUT2D eigenvalue weighted by Crippen LogP contribution is -1.86. The molecule has 0 saturated heterocycles. The van der Waals surface area contributed by atoms with Gasteiger partial charge in [0.2, 0.25) is 0 Å². The second-order valence-electron chi connectivity index (χ2n) is 3.97. The molecule has 3 aromatic rings. The molecule has 0 fully saturated rings. The monoisotopic (exact) mass is 352 g/mol. The van der Waals surface area contributed by atoms with Gasteiger partial charge in [0.1, 0.15) is 0 Å². The largest absolute Gasteiger partial charge is 0.352 e. The van der Waals surface area contributed by atoms with E-state index in [0.29, 0.717) is 0 Å². The number of aromatic amines is 1. The maximum Gasteiger partial charge on any atom is 0.0684 e. The van der Waals surface area contributed by atoms with Gasteiger partial charge in [-0.1, -0.05) is 22.9 Å². The average molecular weight is 354 g/mol. The third kappa shape index (κ3) is 1.70. The Morgan fingerprint density at radius 2 is 2.00 bits per heavy atom. The number of aromatic nitrogens is 2. The van der Waals surface area contributed by atoms with E-state index in [1.165, 1.54) is 10.8 Å². The Balaban J connectivity index is 2.54. The van der Waals surface area contributed by atoms with Crippen LogP contribution >= 0.6 is 31.9 Å². The Hall–Kier alpha value is -0.870. The van der Waals surface area contributed by atoms with Gasteiger partial charge in [-0.25, -0.2) is 0 Å². The van der Waals surface area contributed by atoms with Gasteiger partial charge in [-0.05, 0) is 40.5 Å².